The van der Waals surface area contributed by atoms with E-state index in [4.69, 9.17) is 9.47 Å². The number of carbonyl (C=O) groups is 1. The van der Waals surface area contributed by atoms with E-state index in [0.717, 1.165) is 38.8 Å². The lowest BCUT2D eigenvalue weighted by Gasteiger charge is -2.32. The number of aliphatic hydroxyl groups is 1. The third kappa shape index (κ3) is 6.41. The first-order valence-corrected chi connectivity index (χ1v) is 8.37. The van der Waals surface area contributed by atoms with Crippen LogP contribution in [-0.4, -0.2) is 61.0 Å². The van der Waals surface area contributed by atoms with Gasteiger partial charge in [0.25, 0.3) is 0 Å². The van der Waals surface area contributed by atoms with E-state index in [9.17, 15) is 9.90 Å². The Labute approximate surface area is 139 Å². The van der Waals surface area contributed by atoms with Gasteiger partial charge in [-0.25, -0.2) is 0 Å². The van der Waals surface area contributed by atoms with Crippen molar-refractivity contribution in [3.8, 4) is 0 Å². The van der Waals surface area contributed by atoms with E-state index in [2.05, 4.69) is 4.90 Å². The summed E-state index contributed by atoms with van der Waals surface area (Å²) in [5.41, 5.74) is 0. The lowest BCUT2D eigenvalue weighted by atomic mass is 9.97. The second-order valence-electron chi connectivity index (χ2n) is 6.22. The van der Waals surface area contributed by atoms with Crippen molar-refractivity contribution in [3.63, 3.8) is 0 Å². The van der Waals surface area contributed by atoms with E-state index >= 15 is 0 Å². The predicted octanol–water partition coefficient (Wildman–Crippen LogP) is 2.00. The van der Waals surface area contributed by atoms with Gasteiger partial charge in [0.2, 0.25) is 0 Å². The normalized spacial score (nSPS) is 22.3. The molecule has 130 valence electrons. The summed E-state index contributed by atoms with van der Waals surface area (Å²) in [6.45, 7) is 5.07. The van der Waals surface area contributed by atoms with E-state index in [0.29, 0.717) is 25.9 Å². The van der Waals surface area contributed by atoms with Crippen molar-refractivity contribution in [2.45, 2.75) is 57.7 Å². The molecule has 5 nitrogen and oxygen atoms in total. The van der Waals surface area contributed by atoms with Crippen molar-refractivity contribution < 1.29 is 19.4 Å². The molecule has 1 saturated heterocycles. The van der Waals surface area contributed by atoms with E-state index in [1.807, 2.05) is 6.92 Å². The molecular weight excluding hydrogens is 306 g/mol. The summed E-state index contributed by atoms with van der Waals surface area (Å²) in [7, 11) is 0. The number of halogens is 1. The standard InChI is InChI=1S/C16H29NO4.ClH/c1-2-20-16(19)13-7-9-17(10-8-13)11-14(18)12-21-15-5-3-4-6-15;/h13-15,18H,2-12H2,1H3;1H. The second kappa shape index (κ2) is 10.4. The Balaban J connectivity index is 0.00000242. The van der Waals surface area contributed by atoms with Crippen molar-refractivity contribution in [2.24, 2.45) is 5.92 Å². The predicted molar refractivity (Wildman–Crippen MR) is 87.3 cm³/mol. The summed E-state index contributed by atoms with van der Waals surface area (Å²) in [6.07, 6.45) is 6.36. The summed E-state index contributed by atoms with van der Waals surface area (Å²) in [6, 6.07) is 0. The Bertz CT molecular complexity index is 315. The maximum absolute atomic E-state index is 11.7. The van der Waals surface area contributed by atoms with E-state index < -0.39 is 6.10 Å². The number of hydrogen-bond donors (Lipinski definition) is 1. The van der Waals surface area contributed by atoms with Crippen molar-refractivity contribution in [1.29, 1.82) is 0 Å². The van der Waals surface area contributed by atoms with Crippen molar-refractivity contribution in [3.05, 3.63) is 0 Å². The smallest absolute Gasteiger partial charge is 0.309 e. The monoisotopic (exact) mass is 335 g/mol. The maximum Gasteiger partial charge on any atom is 0.309 e. The molecule has 22 heavy (non-hydrogen) atoms. The van der Waals surface area contributed by atoms with Crippen molar-refractivity contribution >= 4 is 18.4 Å². The van der Waals surface area contributed by atoms with Gasteiger partial charge in [-0.15, -0.1) is 12.4 Å². The number of esters is 1. The zero-order valence-electron chi connectivity index (χ0n) is 13.5. The molecule has 0 aromatic carbocycles. The zero-order chi connectivity index (χ0) is 15.1. The van der Waals surface area contributed by atoms with Crippen LogP contribution in [0.15, 0.2) is 0 Å². The van der Waals surface area contributed by atoms with Gasteiger partial charge in [0, 0.05) is 6.54 Å². The van der Waals surface area contributed by atoms with Crippen LogP contribution in [-0.2, 0) is 14.3 Å². The summed E-state index contributed by atoms with van der Waals surface area (Å²) >= 11 is 0. The highest BCUT2D eigenvalue weighted by molar-refractivity contribution is 5.85. The van der Waals surface area contributed by atoms with Gasteiger partial charge in [-0.2, -0.15) is 0 Å². The minimum absolute atomic E-state index is 0. The topological polar surface area (TPSA) is 59.0 Å². The molecule has 1 unspecified atom stereocenters. The third-order valence-corrected chi connectivity index (χ3v) is 4.50. The average Bonchev–Trinajstić information content (AvgIpc) is 2.99. The summed E-state index contributed by atoms with van der Waals surface area (Å²) in [5, 5.41) is 10.1. The molecule has 2 fully saturated rings. The molecule has 1 saturated carbocycles. The highest BCUT2D eigenvalue weighted by atomic mass is 35.5. The number of carbonyl (C=O) groups excluding carboxylic acids is 1. The summed E-state index contributed by atoms with van der Waals surface area (Å²) in [5.74, 6) is -0.0321. The van der Waals surface area contributed by atoms with Crippen LogP contribution >= 0.6 is 12.4 Å². The molecule has 2 aliphatic rings. The molecule has 0 aromatic rings. The Morgan fingerprint density at radius 2 is 1.86 bits per heavy atom. The first-order valence-electron chi connectivity index (χ1n) is 8.37. The second-order valence-corrected chi connectivity index (χ2v) is 6.22. The number of rotatable bonds is 7. The van der Waals surface area contributed by atoms with Crippen LogP contribution in [0.3, 0.4) is 0 Å². The Morgan fingerprint density at radius 3 is 2.45 bits per heavy atom. The lowest BCUT2D eigenvalue weighted by molar-refractivity contribution is -0.149. The number of piperidine rings is 1. The molecule has 0 spiro atoms. The van der Waals surface area contributed by atoms with E-state index in [1.54, 1.807) is 0 Å². The van der Waals surface area contributed by atoms with Gasteiger partial charge in [0.05, 0.1) is 31.3 Å². The minimum atomic E-state index is -0.426. The Kier molecular flexibility index (Phi) is 9.33. The molecule has 1 aliphatic heterocycles. The van der Waals surface area contributed by atoms with Gasteiger partial charge in [0.15, 0.2) is 0 Å². The average molecular weight is 336 g/mol. The fourth-order valence-corrected chi connectivity index (χ4v) is 3.26. The number of β-amino-alcohol motifs (C(OH)–C–C–N with tert-alkyl or cyclic N) is 1. The van der Waals surface area contributed by atoms with E-state index in [1.165, 1.54) is 12.8 Å². The minimum Gasteiger partial charge on any atom is -0.466 e. The Hall–Kier alpha value is -0.360. The van der Waals surface area contributed by atoms with Crippen molar-refractivity contribution in [2.75, 3.05) is 32.8 Å². The molecule has 6 heteroatoms. The third-order valence-electron chi connectivity index (χ3n) is 4.50. The van der Waals surface area contributed by atoms with Crippen molar-refractivity contribution in [1.82, 2.24) is 4.90 Å². The zero-order valence-corrected chi connectivity index (χ0v) is 14.4. The molecule has 0 aromatic heterocycles. The van der Waals surface area contributed by atoms with Crippen LogP contribution in [0.5, 0.6) is 0 Å². The number of hydrogen-bond acceptors (Lipinski definition) is 5. The first kappa shape index (κ1) is 19.7. The van der Waals surface area contributed by atoms with Gasteiger partial charge >= 0.3 is 5.97 Å². The van der Waals surface area contributed by atoms with E-state index in [-0.39, 0.29) is 24.3 Å². The SMILES string of the molecule is CCOC(=O)C1CCN(CC(O)COC2CCCC2)CC1.Cl. The largest absolute Gasteiger partial charge is 0.466 e. The maximum atomic E-state index is 11.7. The van der Waals surface area contributed by atoms with Gasteiger partial charge in [-0.05, 0) is 45.7 Å². The summed E-state index contributed by atoms with van der Waals surface area (Å²) < 4.78 is 10.8. The highest BCUT2D eigenvalue weighted by Crippen LogP contribution is 2.21. The molecule has 1 N–H and O–H groups in total. The van der Waals surface area contributed by atoms with Gasteiger partial charge < -0.3 is 19.5 Å². The molecule has 1 atom stereocenters. The lowest BCUT2D eigenvalue weighted by Crippen LogP contribution is -2.42. The Morgan fingerprint density at radius 1 is 1.23 bits per heavy atom. The first-order chi connectivity index (χ1) is 10.2. The summed E-state index contributed by atoms with van der Waals surface area (Å²) in [4.78, 5) is 13.9. The van der Waals surface area contributed by atoms with Gasteiger partial charge in [-0.1, -0.05) is 12.8 Å². The van der Waals surface area contributed by atoms with Gasteiger partial charge in [0.1, 0.15) is 0 Å². The highest BCUT2D eigenvalue weighted by Gasteiger charge is 2.27. The number of aliphatic hydroxyl groups excluding tert-OH is 1. The van der Waals surface area contributed by atoms with Crippen LogP contribution in [0.4, 0.5) is 0 Å². The fourth-order valence-electron chi connectivity index (χ4n) is 3.26. The fraction of sp³-hybridized carbons (Fsp3) is 0.938. The number of nitrogens with zero attached hydrogens (tertiary/aromatic N) is 1. The molecule has 0 amide bonds. The number of likely N-dealkylation sites (tertiary alicyclic amines) is 1. The molecule has 1 heterocycles. The van der Waals surface area contributed by atoms with Crippen LogP contribution < -0.4 is 0 Å². The molecule has 0 bridgehead atoms. The van der Waals surface area contributed by atoms with Gasteiger partial charge in [-0.3, -0.25) is 4.79 Å². The van der Waals surface area contributed by atoms with Crippen LogP contribution in [0.2, 0.25) is 0 Å². The quantitative estimate of drug-likeness (QED) is 0.721. The van der Waals surface area contributed by atoms with Crippen LogP contribution in [0, 0.1) is 5.92 Å². The van der Waals surface area contributed by atoms with Crippen LogP contribution in [0.25, 0.3) is 0 Å². The number of ether oxygens (including phenoxy) is 2. The molecular formula is C16H30ClNO4. The molecule has 1 aliphatic carbocycles. The van der Waals surface area contributed by atoms with Crippen LogP contribution in [0.1, 0.15) is 45.4 Å². The molecule has 2 rings (SSSR count). The molecule has 0 radical (unpaired) electrons.